The zero-order chi connectivity index (χ0) is 6.41. The Morgan fingerprint density at radius 3 is 2.75 bits per heavy atom. The minimum absolute atomic E-state index is 0.278. The fraction of sp³-hybridized carbons (Fsp3) is 0.800. The molecule has 0 spiro atoms. The standard InChI is InChI=1S/C5H11O3/c1-2-8-4-5(7)3-6/h4-7H,2-3H2,1H3. The molecule has 1 unspecified atom stereocenters. The Balaban J connectivity index is 2.86. The van der Waals surface area contributed by atoms with Crippen molar-refractivity contribution in [3.63, 3.8) is 0 Å². The molecule has 3 nitrogen and oxygen atoms in total. The molecule has 0 aliphatic heterocycles. The SMILES string of the molecule is CCO[CH]C(O)CO. The topological polar surface area (TPSA) is 49.7 Å². The average Bonchev–Trinajstić information content (AvgIpc) is 1.83. The predicted octanol–water partition coefficient (Wildman–Crippen LogP) is -0.462. The third kappa shape index (κ3) is 4.05. The minimum atomic E-state index is -0.838. The first-order valence-corrected chi connectivity index (χ1v) is 2.55. The monoisotopic (exact) mass is 119 g/mol. The van der Waals surface area contributed by atoms with Gasteiger partial charge in [0.05, 0.1) is 6.61 Å². The molecule has 0 bridgehead atoms. The summed E-state index contributed by atoms with van der Waals surface area (Å²) in [6, 6.07) is 0. The van der Waals surface area contributed by atoms with E-state index in [0.717, 1.165) is 0 Å². The molecule has 8 heavy (non-hydrogen) atoms. The highest BCUT2D eigenvalue weighted by Gasteiger charge is 1.99. The fourth-order valence-electron chi connectivity index (χ4n) is 0.250. The Kier molecular flexibility index (Phi) is 4.95. The smallest absolute Gasteiger partial charge is 0.114 e. The summed E-state index contributed by atoms with van der Waals surface area (Å²) >= 11 is 0. The molecule has 49 valence electrons. The van der Waals surface area contributed by atoms with Crippen LogP contribution in [0.2, 0.25) is 0 Å². The van der Waals surface area contributed by atoms with Crippen LogP contribution in [0.25, 0.3) is 0 Å². The van der Waals surface area contributed by atoms with Crippen molar-refractivity contribution < 1.29 is 14.9 Å². The van der Waals surface area contributed by atoms with Gasteiger partial charge in [0.1, 0.15) is 12.7 Å². The van der Waals surface area contributed by atoms with Crippen molar-refractivity contribution >= 4 is 0 Å². The van der Waals surface area contributed by atoms with Crippen molar-refractivity contribution in [2.24, 2.45) is 0 Å². The molecular formula is C5H11O3. The van der Waals surface area contributed by atoms with E-state index in [1.165, 1.54) is 6.61 Å². The van der Waals surface area contributed by atoms with Gasteiger partial charge in [-0.05, 0) is 6.92 Å². The lowest BCUT2D eigenvalue weighted by atomic mass is 10.4. The van der Waals surface area contributed by atoms with Crippen LogP contribution in [-0.2, 0) is 4.74 Å². The zero-order valence-electron chi connectivity index (χ0n) is 4.87. The molecular weight excluding hydrogens is 108 g/mol. The van der Waals surface area contributed by atoms with Crippen LogP contribution >= 0.6 is 0 Å². The molecule has 3 heteroatoms. The quantitative estimate of drug-likeness (QED) is 0.526. The Hall–Kier alpha value is -0.120. The van der Waals surface area contributed by atoms with Gasteiger partial charge in [0.25, 0.3) is 0 Å². The van der Waals surface area contributed by atoms with Gasteiger partial charge in [-0.2, -0.15) is 0 Å². The van der Waals surface area contributed by atoms with Gasteiger partial charge < -0.3 is 14.9 Å². The first-order chi connectivity index (χ1) is 3.81. The summed E-state index contributed by atoms with van der Waals surface area (Å²) in [7, 11) is 0. The van der Waals surface area contributed by atoms with E-state index in [1.54, 1.807) is 6.92 Å². The van der Waals surface area contributed by atoms with Crippen LogP contribution in [-0.4, -0.2) is 29.5 Å². The predicted molar refractivity (Wildman–Crippen MR) is 29.0 cm³/mol. The highest BCUT2D eigenvalue weighted by atomic mass is 16.5. The summed E-state index contributed by atoms with van der Waals surface area (Å²) in [6.07, 6.45) is -0.838. The average molecular weight is 119 g/mol. The van der Waals surface area contributed by atoms with Crippen molar-refractivity contribution in [3.05, 3.63) is 6.61 Å². The third-order valence-electron chi connectivity index (χ3n) is 0.607. The van der Waals surface area contributed by atoms with E-state index in [4.69, 9.17) is 10.2 Å². The number of rotatable bonds is 4. The molecule has 0 aliphatic carbocycles. The van der Waals surface area contributed by atoms with E-state index in [0.29, 0.717) is 6.61 Å². The summed E-state index contributed by atoms with van der Waals surface area (Å²) in [5.41, 5.74) is 0. The minimum Gasteiger partial charge on any atom is -0.394 e. The van der Waals surface area contributed by atoms with Gasteiger partial charge in [-0.15, -0.1) is 0 Å². The summed E-state index contributed by atoms with van der Waals surface area (Å²) in [6.45, 7) is 3.26. The van der Waals surface area contributed by atoms with Crippen LogP contribution < -0.4 is 0 Å². The van der Waals surface area contributed by atoms with Gasteiger partial charge in [0.15, 0.2) is 0 Å². The highest BCUT2D eigenvalue weighted by Crippen LogP contribution is 1.88. The van der Waals surface area contributed by atoms with E-state index in [9.17, 15) is 0 Å². The second kappa shape index (κ2) is 5.03. The molecule has 0 saturated heterocycles. The first kappa shape index (κ1) is 7.88. The van der Waals surface area contributed by atoms with Gasteiger partial charge in [0, 0.05) is 6.61 Å². The molecule has 0 aromatic heterocycles. The molecule has 1 radical (unpaired) electrons. The van der Waals surface area contributed by atoms with Crippen LogP contribution in [0, 0.1) is 6.61 Å². The molecule has 0 heterocycles. The highest BCUT2D eigenvalue weighted by molar-refractivity contribution is 4.61. The molecule has 0 fully saturated rings. The molecule has 1 atom stereocenters. The Bertz CT molecular complexity index is 46.9. The molecule has 0 amide bonds. The van der Waals surface area contributed by atoms with Crippen molar-refractivity contribution in [3.8, 4) is 0 Å². The maximum atomic E-state index is 8.56. The van der Waals surface area contributed by atoms with Crippen molar-refractivity contribution in [2.45, 2.75) is 13.0 Å². The number of hydrogen-bond donors (Lipinski definition) is 2. The number of aliphatic hydroxyl groups excluding tert-OH is 2. The van der Waals surface area contributed by atoms with Crippen LogP contribution in [0.15, 0.2) is 0 Å². The van der Waals surface area contributed by atoms with Crippen LogP contribution in [0.4, 0.5) is 0 Å². The second-order valence-corrected chi connectivity index (χ2v) is 1.34. The summed E-state index contributed by atoms with van der Waals surface area (Å²) in [5.74, 6) is 0. The molecule has 0 rings (SSSR count). The lowest BCUT2D eigenvalue weighted by Gasteiger charge is -2.03. The van der Waals surface area contributed by atoms with Crippen molar-refractivity contribution in [2.75, 3.05) is 13.2 Å². The van der Waals surface area contributed by atoms with E-state index in [1.807, 2.05) is 0 Å². The van der Waals surface area contributed by atoms with E-state index in [-0.39, 0.29) is 6.61 Å². The Morgan fingerprint density at radius 1 is 1.75 bits per heavy atom. The third-order valence-corrected chi connectivity index (χ3v) is 0.607. The van der Waals surface area contributed by atoms with E-state index < -0.39 is 6.10 Å². The normalized spacial score (nSPS) is 13.9. The zero-order valence-corrected chi connectivity index (χ0v) is 4.87. The summed E-state index contributed by atoms with van der Waals surface area (Å²) < 4.78 is 4.65. The number of aliphatic hydroxyl groups is 2. The van der Waals surface area contributed by atoms with Gasteiger partial charge in [-0.3, -0.25) is 0 Å². The van der Waals surface area contributed by atoms with Gasteiger partial charge in [-0.1, -0.05) is 0 Å². The number of hydrogen-bond acceptors (Lipinski definition) is 3. The van der Waals surface area contributed by atoms with Crippen molar-refractivity contribution in [1.29, 1.82) is 0 Å². The molecule has 0 aliphatic rings. The fourth-order valence-corrected chi connectivity index (χ4v) is 0.250. The van der Waals surface area contributed by atoms with E-state index >= 15 is 0 Å². The lowest BCUT2D eigenvalue weighted by Crippen LogP contribution is -2.13. The van der Waals surface area contributed by atoms with Gasteiger partial charge >= 0.3 is 0 Å². The summed E-state index contributed by atoms with van der Waals surface area (Å²) in [4.78, 5) is 0. The summed E-state index contributed by atoms with van der Waals surface area (Å²) in [5, 5.41) is 16.8. The van der Waals surface area contributed by atoms with Crippen LogP contribution in [0.3, 0.4) is 0 Å². The van der Waals surface area contributed by atoms with Crippen molar-refractivity contribution in [1.82, 2.24) is 0 Å². The molecule has 0 saturated carbocycles. The Morgan fingerprint density at radius 2 is 2.38 bits per heavy atom. The largest absolute Gasteiger partial charge is 0.394 e. The second-order valence-electron chi connectivity index (χ2n) is 1.34. The molecule has 0 aromatic carbocycles. The molecule has 0 aromatic rings. The van der Waals surface area contributed by atoms with Gasteiger partial charge in [0.2, 0.25) is 0 Å². The lowest BCUT2D eigenvalue weighted by molar-refractivity contribution is 0.0546. The maximum Gasteiger partial charge on any atom is 0.114 e. The van der Waals surface area contributed by atoms with Gasteiger partial charge in [-0.25, -0.2) is 0 Å². The molecule has 2 N–H and O–H groups in total. The number of ether oxygens (including phenoxy) is 1. The Labute approximate surface area is 48.9 Å². The maximum absolute atomic E-state index is 8.56. The van der Waals surface area contributed by atoms with E-state index in [2.05, 4.69) is 4.74 Å². The van der Waals surface area contributed by atoms with Crippen LogP contribution in [0.1, 0.15) is 6.92 Å². The first-order valence-electron chi connectivity index (χ1n) is 2.55. The van der Waals surface area contributed by atoms with Crippen LogP contribution in [0.5, 0.6) is 0 Å².